The molecule has 2 heterocycles. The smallest absolute Gasteiger partial charge is 0.295 e. The zero-order chi connectivity index (χ0) is 17.4. The molecule has 0 aliphatic carbocycles. The summed E-state index contributed by atoms with van der Waals surface area (Å²) in [6, 6.07) is 20.2. The molecule has 1 atom stereocenters. The Labute approximate surface area is 144 Å². The summed E-state index contributed by atoms with van der Waals surface area (Å²) in [5.41, 5.74) is 2.25. The van der Waals surface area contributed by atoms with Gasteiger partial charge in [0.2, 0.25) is 0 Å². The summed E-state index contributed by atoms with van der Waals surface area (Å²) in [6.07, 6.45) is 0. The summed E-state index contributed by atoms with van der Waals surface area (Å²) in [7, 11) is 0. The van der Waals surface area contributed by atoms with Crippen LogP contribution in [0.1, 0.15) is 22.9 Å². The Bertz CT molecular complexity index is 945. The van der Waals surface area contributed by atoms with Gasteiger partial charge in [0.15, 0.2) is 11.6 Å². The quantitative estimate of drug-likeness (QED) is 0.786. The zero-order valence-electron chi connectivity index (χ0n) is 13.6. The molecule has 1 N–H and O–H groups in total. The molecule has 5 heteroatoms. The second-order valence-electron chi connectivity index (χ2n) is 5.91. The first-order valence-corrected chi connectivity index (χ1v) is 7.97. The van der Waals surface area contributed by atoms with Crippen molar-refractivity contribution in [2.24, 2.45) is 0 Å². The highest BCUT2D eigenvalue weighted by molar-refractivity contribution is 6.15. The number of anilines is 1. The van der Waals surface area contributed by atoms with Crippen molar-refractivity contribution in [3.05, 3.63) is 89.4 Å². The number of amides is 1. The summed E-state index contributed by atoms with van der Waals surface area (Å²) in [6.45, 7) is 1.76. The Morgan fingerprint density at radius 2 is 1.68 bits per heavy atom. The lowest BCUT2D eigenvalue weighted by Gasteiger charge is -2.25. The average Bonchev–Trinajstić information content (AvgIpc) is 3.18. The molecule has 4 rings (SSSR count). The molecule has 124 valence electrons. The largest absolute Gasteiger partial charge is 0.503 e. The third-order valence-corrected chi connectivity index (χ3v) is 4.27. The number of aliphatic hydroxyl groups is 1. The van der Waals surface area contributed by atoms with Crippen LogP contribution in [0.15, 0.2) is 77.0 Å². The molecular weight excluding hydrogens is 316 g/mol. The molecule has 0 radical (unpaired) electrons. The Morgan fingerprint density at radius 3 is 2.28 bits per heavy atom. The predicted octanol–water partition coefficient (Wildman–Crippen LogP) is 4.04. The highest BCUT2D eigenvalue weighted by Gasteiger charge is 2.43. The minimum atomic E-state index is -0.485. The summed E-state index contributed by atoms with van der Waals surface area (Å²) < 4.78 is 5.14. The van der Waals surface area contributed by atoms with Crippen LogP contribution in [0.5, 0.6) is 0 Å². The molecule has 0 saturated carbocycles. The van der Waals surface area contributed by atoms with Crippen LogP contribution in [0.4, 0.5) is 5.82 Å². The van der Waals surface area contributed by atoms with E-state index >= 15 is 0 Å². The van der Waals surface area contributed by atoms with Gasteiger partial charge in [-0.1, -0.05) is 65.8 Å². The van der Waals surface area contributed by atoms with Crippen molar-refractivity contribution in [1.29, 1.82) is 0 Å². The second kappa shape index (κ2) is 5.94. The number of rotatable bonds is 3. The minimum absolute atomic E-state index is 0.263. The number of aliphatic hydroxyl groups excluding tert-OH is 1. The topological polar surface area (TPSA) is 66.6 Å². The van der Waals surface area contributed by atoms with Gasteiger partial charge in [-0.25, -0.2) is 0 Å². The lowest BCUT2D eigenvalue weighted by Crippen LogP contribution is -2.30. The van der Waals surface area contributed by atoms with E-state index in [0.29, 0.717) is 17.2 Å². The SMILES string of the molecule is Cc1cc(N2C(=O)C(O)=C(c3ccccc3)C2c2ccccc2)no1. The van der Waals surface area contributed by atoms with Gasteiger partial charge in [0, 0.05) is 11.6 Å². The summed E-state index contributed by atoms with van der Waals surface area (Å²) >= 11 is 0. The fourth-order valence-electron chi connectivity index (χ4n) is 3.17. The first-order chi connectivity index (χ1) is 12.2. The summed E-state index contributed by atoms with van der Waals surface area (Å²) in [5.74, 6) is 0.234. The number of benzene rings is 2. The van der Waals surface area contributed by atoms with Gasteiger partial charge in [-0.05, 0) is 18.1 Å². The van der Waals surface area contributed by atoms with E-state index in [2.05, 4.69) is 5.16 Å². The molecule has 1 aromatic heterocycles. The summed E-state index contributed by atoms with van der Waals surface area (Å²) in [4.78, 5) is 14.3. The molecule has 0 spiro atoms. The molecule has 1 aliphatic rings. The van der Waals surface area contributed by atoms with Crippen molar-refractivity contribution in [2.45, 2.75) is 13.0 Å². The molecular formula is C20H16N2O3. The fraction of sp³-hybridized carbons (Fsp3) is 0.100. The van der Waals surface area contributed by atoms with Crippen LogP contribution in [0.3, 0.4) is 0 Å². The first-order valence-electron chi connectivity index (χ1n) is 7.97. The van der Waals surface area contributed by atoms with E-state index in [1.807, 2.05) is 60.7 Å². The maximum Gasteiger partial charge on any atom is 0.295 e. The van der Waals surface area contributed by atoms with Crippen LogP contribution in [-0.4, -0.2) is 16.2 Å². The lowest BCUT2D eigenvalue weighted by molar-refractivity contribution is -0.117. The molecule has 1 amide bonds. The van der Waals surface area contributed by atoms with Crippen LogP contribution >= 0.6 is 0 Å². The number of carbonyl (C=O) groups excluding carboxylic acids is 1. The van der Waals surface area contributed by atoms with Crippen molar-refractivity contribution in [1.82, 2.24) is 5.16 Å². The van der Waals surface area contributed by atoms with E-state index in [4.69, 9.17) is 4.52 Å². The van der Waals surface area contributed by atoms with Crippen molar-refractivity contribution < 1.29 is 14.4 Å². The maximum absolute atomic E-state index is 12.8. The van der Waals surface area contributed by atoms with Crippen LogP contribution < -0.4 is 4.90 Å². The van der Waals surface area contributed by atoms with Crippen molar-refractivity contribution >= 4 is 17.3 Å². The highest BCUT2D eigenvalue weighted by Crippen LogP contribution is 2.44. The van der Waals surface area contributed by atoms with Gasteiger partial charge in [-0.15, -0.1) is 0 Å². The van der Waals surface area contributed by atoms with Gasteiger partial charge in [-0.3, -0.25) is 9.69 Å². The number of carbonyl (C=O) groups is 1. The van der Waals surface area contributed by atoms with Crippen LogP contribution in [0.2, 0.25) is 0 Å². The van der Waals surface area contributed by atoms with E-state index < -0.39 is 11.9 Å². The maximum atomic E-state index is 12.8. The van der Waals surface area contributed by atoms with Crippen molar-refractivity contribution in [3.63, 3.8) is 0 Å². The average molecular weight is 332 g/mol. The van der Waals surface area contributed by atoms with Gasteiger partial charge >= 0.3 is 0 Å². The molecule has 0 saturated heterocycles. The second-order valence-corrected chi connectivity index (χ2v) is 5.91. The molecule has 1 unspecified atom stereocenters. The normalized spacial score (nSPS) is 17.4. The number of nitrogens with zero attached hydrogens (tertiary/aromatic N) is 2. The standard InChI is InChI=1S/C20H16N2O3/c1-13-12-16(21-25-13)22-18(15-10-6-3-7-11-15)17(19(23)20(22)24)14-8-4-2-5-9-14/h2-12,18,23H,1H3. The van der Waals surface area contributed by atoms with Gasteiger partial charge in [-0.2, -0.15) is 0 Å². The van der Waals surface area contributed by atoms with Crippen molar-refractivity contribution in [3.8, 4) is 0 Å². The predicted molar refractivity (Wildman–Crippen MR) is 93.9 cm³/mol. The third kappa shape index (κ3) is 2.50. The van der Waals surface area contributed by atoms with E-state index in [9.17, 15) is 9.90 Å². The lowest BCUT2D eigenvalue weighted by atomic mass is 9.93. The molecule has 1 aliphatic heterocycles. The number of hydrogen-bond acceptors (Lipinski definition) is 4. The monoisotopic (exact) mass is 332 g/mol. The van der Waals surface area contributed by atoms with Crippen LogP contribution in [0, 0.1) is 6.92 Å². The Kier molecular flexibility index (Phi) is 3.61. The number of aromatic nitrogens is 1. The van der Waals surface area contributed by atoms with E-state index in [1.54, 1.807) is 13.0 Å². The van der Waals surface area contributed by atoms with Gasteiger partial charge in [0.25, 0.3) is 5.91 Å². The molecule has 0 bridgehead atoms. The Morgan fingerprint density at radius 1 is 1.04 bits per heavy atom. The van der Waals surface area contributed by atoms with Gasteiger partial charge in [0.05, 0.1) is 6.04 Å². The van der Waals surface area contributed by atoms with E-state index in [-0.39, 0.29) is 5.76 Å². The van der Waals surface area contributed by atoms with Crippen LogP contribution in [-0.2, 0) is 4.79 Å². The van der Waals surface area contributed by atoms with Gasteiger partial charge in [0.1, 0.15) is 5.76 Å². The molecule has 3 aromatic rings. The highest BCUT2D eigenvalue weighted by atomic mass is 16.5. The van der Waals surface area contributed by atoms with E-state index in [1.165, 1.54) is 4.90 Å². The van der Waals surface area contributed by atoms with Gasteiger partial charge < -0.3 is 9.63 Å². The fourth-order valence-corrected chi connectivity index (χ4v) is 3.17. The summed E-state index contributed by atoms with van der Waals surface area (Å²) in [5, 5.41) is 14.6. The first kappa shape index (κ1) is 15.2. The number of hydrogen-bond donors (Lipinski definition) is 1. The minimum Gasteiger partial charge on any atom is -0.503 e. The Balaban J connectivity index is 1.91. The molecule has 5 nitrogen and oxygen atoms in total. The van der Waals surface area contributed by atoms with E-state index in [0.717, 1.165) is 11.1 Å². The Hall–Kier alpha value is -3.34. The molecule has 25 heavy (non-hydrogen) atoms. The third-order valence-electron chi connectivity index (χ3n) is 4.27. The number of aryl methyl sites for hydroxylation is 1. The van der Waals surface area contributed by atoms with Crippen molar-refractivity contribution in [2.75, 3.05) is 4.90 Å². The molecule has 0 fully saturated rings. The molecule has 2 aromatic carbocycles. The zero-order valence-corrected chi connectivity index (χ0v) is 13.6. The van der Waals surface area contributed by atoms with Crippen LogP contribution in [0.25, 0.3) is 5.57 Å².